The van der Waals surface area contributed by atoms with Crippen LogP contribution >= 0.6 is 15.9 Å². The summed E-state index contributed by atoms with van der Waals surface area (Å²) in [5, 5.41) is 6.59. The van der Waals surface area contributed by atoms with Crippen LogP contribution in [0.1, 0.15) is 50.6 Å². The van der Waals surface area contributed by atoms with E-state index in [0.29, 0.717) is 12.0 Å². The van der Waals surface area contributed by atoms with E-state index < -0.39 is 0 Å². The topological polar surface area (TPSA) is 41.1 Å². The molecular weight excluding hydrogens is 316 g/mol. The Bertz CT molecular complexity index is 517. The molecular formula is C16H21BrN2O. The number of hydrogen-bond donors (Lipinski definition) is 2. The van der Waals surface area contributed by atoms with E-state index in [2.05, 4.69) is 39.6 Å². The van der Waals surface area contributed by atoms with E-state index in [1.54, 1.807) is 0 Å². The van der Waals surface area contributed by atoms with E-state index in [4.69, 9.17) is 0 Å². The van der Waals surface area contributed by atoms with Crippen molar-refractivity contribution >= 4 is 27.5 Å². The van der Waals surface area contributed by atoms with Crippen molar-refractivity contribution in [3.05, 3.63) is 28.2 Å². The molecule has 108 valence electrons. The summed E-state index contributed by atoms with van der Waals surface area (Å²) in [6, 6.07) is 6.26. The summed E-state index contributed by atoms with van der Waals surface area (Å²) >= 11 is 3.50. The van der Waals surface area contributed by atoms with Gasteiger partial charge in [0.2, 0.25) is 5.91 Å². The third kappa shape index (κ3) is 2.63. The first-order valence-corrected chi connectivity index (χ1v) is 8.34. The predicted octanol–water partition coefficient (Wildman–Crippen LogP) is 4.00. The lowest BCUT2D eigenvalue weighted by atomic mass is 9.82. The quantitative estimate of drug-likeness (QED) is 0.875. The highest BCUT2D eigenvalue weighted by atomic mass is 79.9. The summed E-state index contributed by atoms with van der Waals surface area (Å²) in [5.41, 5.74) is 2.02. The van der Waals surface area contributed by atoms with Crippen LogP contribution < -0.4 is 10.6 Å². The van der Waals surface area contributed by atoms with Gasteiger partial charge in [-0.05, 0) is 37.0 Å². The Morgan fingerprint density at radius 2 is 2.15 bits per heavy atom. The second-order valence-corrected chi connectivity index (χ2v) is 6.80. The Labute approximate surface area is 128 Å². The van der Waals surface area contributed by atoms with Gasteiger partial charge in [0.15, 0.2) is 0 Å². The summed E-state index contributed by atoms with van der Waals surface area (Å²) in [6.45, 7) is 2.25. The largest absolute Gasteiger partial charge is 0.324 e. The van der Waals surface area contributed by atoms with E-state index >= 15 is 0 Å². The molecule has 1 saturated carbocycles. The molecule has 3 atom stereocenters. The van der Waals surface area contributed by atoms with Crippen LogP contribution in [0, 0.1) is 5.92 Å². The van der Waals surface area contributed by atoms with E-state index in [1.807, 2.05) is 12.1 Å². The molecule has 0 bridgehead atoms. The monoisotopic (exact) mass is 336 g/mol. The Hall–Kier alpha value is -0.870. The Balaban J connectivity index is 1.80. The third-order valence-corrected chi connectivity index (χ3v) is 5.15. The van der Waals surface area contributed by atoms with Crippen LogP contribution in [0.5, 0.6) is 0 Å². The van der Waals surface area contributed by atoms with E-state index in [-0.39, 0.29) is 11.9 Å². The molecule has 0 spiro atoms. The summed E-state index contributed by atoms with van der Waals surface area (Å²) in [7, 11) is 0. The lowest BCUT2D eigenvalue weighted by molar-refractivity contribution is -0.118. The Morgan fingerprint density at radius 3 is 2.95 bits per heavy atom. The molecule has 3 unspecified atom stereocenters. The van der Waals surface area contributed by atoms with Crippen LogP contribution in [0.4, 0.5) is 5.69 Å². The number of nitrogens with one attached hydrogen (secondary N) is 2. The van der Waals surface area contributed by atoms with E-state index in [1.165, 1.54) is 32.1 Å². The average Bonchev–Trinajstić information content (AvgIpc) is 2.76. The maximum Gasteiger partial charge on any atom is 0.246 e. The molecule has 1 aromatic rings. The van der Waals surface area contributed by atoms with Gasteiger partial charge in [-0.2, -0.15) is 0 Å². The van der Waals surface area contributed by atoms with Crippen molar-refractivity contribution in [2.24, 2.45) is 5.92 Å². The van der Waals surface area contributed by atoms with Crippen molar-refractivity contribution in [2.45, 2.75) is 51.1 Å². The molecule has 1 fully saturated rings. The molecule has 1 aliphatic carbocycles. The fourth-order valence-electron chi connectivity index (χ4n) is 3.53. The highest BCUT2D eigenvalue weighted by Gasteiger charge is 2.34. The second-order valence-electron chi connectivity index (χ2n) is 5.88. The van der Waals surface area contributed by atoms with Gasteiger partial charge < -0.3 is 5.32 Å². The van der Waals surface area contributed by atoms with Gasteiger partial charge in [-0.3, -0.25) is 10.1 Å². The molecule has 0 aromatic heterocycles. The van der Waals surface area contributed by atoms with Gasteiger partial charge >= 0.3 is 0 Å². The highest BCUT2D eigenvalue weighted by Crippen LogP contribution is 2.35. The molecule has 0 radical (unpaired) electrons. The van der Waals surface area contributed by atoms with Gasteiger partial charge in [-0.25, -0.2) is 0 Å². The minimum atomic E-state index is -0.195. The number of carbonyl (C=O) groups excluding carboxylic acids is 1. The number of fused-ring (bicyclic) bond motifs is 1. The molecule has 1 aromatic carbocycles. The van der Waals surface area contributed by atoms with Crippen LogP contribution in [0.2, 0.25) is 0 Å². The van der Waals surface area contributed by atoms with Gasteiger partial charge in [0.25, 0.3) is 0 Å². The number of anilines is 1. The number of carbonyl (C=O) groups is 1. The zero-order valence-corrected chi connectivity index (χ0v) is 13.4. The third-order valence-electron chi connectivity index (χ3n) is 4.66. The number of benzene rings is 1. The number of halogens is 1. The fourth-order valence-corrected chi connectivity index (χ4v) is 3.91. The standard InChI is InChI=1S/C16H21BrN2O/c1-2-10-5-3-4-6-13(10)18-15-12-9-11(17)7-8-14(12)19-16(15)20/h7-10,13,15,18H,2-6H2,1H3,(H,19,20). The first kappa shape index (κ1) is 14.1. The minimum Gasteiger partial charge on any atom is -0.324 e. The normalized spacial score (nSPS) is 29.1. The number of amides is 1. The SMILES string of the molecule is CCC1CCCCC1NC1C(=O)Nc2ccc(Br)cc21. The first-order valence-electron chi connectivity index (χ1n) is 7.55. The Morgan fingerprint density at radius 1 is 1.35 bits per heavy atom. The van der Waals surface area contributed by atoms with Crippen molar-refractivity contribution in [2.75, 3.05) is 5.32 Å². The van der Waals surface area contributed by atoms with Gasteiger partial charge in [-0.15, -0.1) is 0 Å². The van der Waals surface area contributed by atoms with E-state index in [0.717, 1.165) is 15.7 Å². The van der Waals surface area contributed by atoms with Gasteiger partial charge in [0.05, 0.1) is 0 Å². The highest BCUT2D eigenvalue weighted by molar-refractivity contribution is 9.10. The molecule has 4 heteroatoms. The maximum absolute atomic E-state index is 12.2. The molecule has 1 amide bonds. The van der Waals surface area contributed by atoms with Crippen molar-refractivity contribution in [1.29, 1.82) is 0 Å². The van der Waals surface area contributed by atoms with Crippen molar-refractivity contribution in [1.82, 2.24) is 5.32 Å². The van der Waals surface area contributed by atoms with Crippen molar-refractivity contribution in [3.63, 3.8) is 0 Å². The number of rotatable bonds is 3. The molecule has 2 N–H and O–H groups in total. The predicted molar refractivity (Wildman–Crippen MR) is 84.7 cm³/mol. The fraction of sp³-hybridized carbons (Fsp3) is 0.562. The van der Waals surface area contributed by atoms with Crippen LogP contribution in [0.25, 0.3) is 0 Å². The molecule has 3 rings (SSSR count). The molecule has 20 heavy (non-hydrogen) atoms. The molecule has 3 nitrogen and oxygen atoms in total. The van der Waals surface area contributed by atoms with Crippen LogP contribution in [0.3, 0.4) is 0 Å². The summed E-state index contributed by atoms with van der Waals surface area (Å²) in [4.78, 5) is 12.2. The zero-order valence-electron chi connectivity index (χ0n) is 11.8. The van der Waals surface area contributed by atoms with Gasteiger partial charge in [-0.1, -0.05) is 42.1 Å². The van der Waals surface area contributed by atoms with Crippen molar-refractivity contribution in [3.8, 4) is 0 Å². The second kappa shape index (κ2) is 5.86. The first-order chi connectivity index (χ1) is 9.69. The summed E-state index contributed by atoms with van der Waals surface area (Å²) < 4.78 is 1.02. The zero-order chi connectivity index (χ0) is 14.1. The van der Waals surface area contributed by atoms with Crippen molar-refractivity contribution < 1.29 is 4.79 Å². The minimum absolute atomic E-state index is 0.0820. The van der Waals surface area contributed by atoms with Gasteiger partial charge in [0.1, 0.15) is 6.04 Å². The maximum atomic E-state index is 12.2. The smallest absolute Gasteiger partial charge is 0.246 e. The average molecular weight is 337 g/mol. The summed E-state index contributed by atoms with van der Waals surface area (Å²) in [5.74, 6) is 0.784. The molecule has 2 aliphatic rings. The van der Waals surface area contributed by atoms with Crippen LogP contribution in [0.15, 0.2) is 22.7 Å². The van der Waals surface area contributed by atoms with E-state index in [9.17, 15) is 4.79 Å². The Kier molecular flexibility index (Phi) is 4.13. The van der Waals surface area contributed by atoms with Gasteiger partial charge in [0, 0.05) is 21.8 Å². The van der Waals surface area contributed by atoms with Crippen LogP contribution in [-0.4, -0.2) is 11.9 Å². The lowest BCUT2D eigenvalue weighted by Gasteiger charge is -2.33. The number of hydrogen-bond acceptors (Lipinski definition) is 2. The molecule has 1 heterocycles. The molecule has 1 aliphatic heterocycles. The molecule has 0 saturated heterocycles. The van der Waals surface area contributed by atoms with Crippen LogP contribution in [-0.2, 0) is 4.79 Å². The summed E-state index contributed by atoms with van der Waals surface area (Å²) in [6.07, 6.45) is 6.26. The lowest BCUT2D eigenvalue weighted by Crippen LogP contribution is -2.42.